The smallest absolute Gasteiger partial charge is 0.134 e. The Bertz CT molecular complexity index is 356. The zero-order chi connectivity index (χ0) is 8.55. The normalized spacial score (nSPS) is 13.5. The van der Waals surface area contributed by atoms with Crippen LogP contribution in [0.1, 0.15) is 18.1 Å². The van der Waals surface area contributed by atoms with Gasteiger partial charge in [-0.15, -0.1) is 11.6 Å². The van der Waals surface area contributed by atoms with Crippen molar-refractivity contribution in [2.24, 2.45) is 0 Å². The molecule has 2 aromatic rings. The monoisotopic (exact) mass is 180 g/mol. The Kier molecular flexibility index (Phi) is 1.81. The van der Waals surface area contributed by atoms with Gasteiger partial charge in [0.1, 0.15) is 11.3 Å². The highest BCUT2D eigenvalue weighted by Gasteiger charge is 2.07. The summed E-state index contributed by atoms with van der Waals surface area (Å²) in [6, 6.07) is 9.88. The molecule has 0 spiro atoms. The maximum atomic E-state index is 5.88. The molecule has 0 fully saturated rings. The lowest BCUT2D eigenvalue weighted by molar-refractivity contribution is 0.551. The highest BCUT2D eigenvalue weighted by molar-refractivity contribution is 6.20. The summed E-state index contributed by atoms with van der Waals surface area (Å²) in [5, 5.41) is 1.05. The van der Waals surface area contributed by atoms with Crippen molar-refractivity contribution in [3.8, 4) is 0 Å². The largest absolute Gasteiger partial charge is 0.460 e. The van der Waals surface area contributed by atoms with Crippen molar-refractivity contribution < 1.29 is 4.42 Å². The molecule has 12 heavy (non-hydrogen) atoms. The lowest BCUT2D eigenvalue weighted by atomic mass is 10.2. The summed E-state index contributed by atoms with van der Waals surface area (Å²) >= 11 is 5.88. The van der Waals surface area contributed by atoms with Crippen molar-refractivity contribution in [3.05, 3.63) is 36.1 Å². The molecule has 0 N–H and O–H groups in total. The number of para-hydroxylation sites is 1. The van der Waals surface area contributed by atoms with Crippen LogP contribution in [0, 0.1) is 0 Å². The van der Waals surface area contributed by atoms with Crippen molar-refractivity contribution in [3.63, 3.8) is 0 Å². The average molecular weight is 181 g/mol. The zero-order valence-corrected chi connectivity index (χ0v) is 7.51. The predicted molar refractivity (Wildman–Crippen MR) is 50.5 cm³/mol. The van der Waals surface area contributed by atoms with Crippen LogP contribution >= 0.6 is 11.6 Å². The van der Waals surface area contributed by atoms with E-state index < -0.39 is 0 Å². The summed E-state index contributed by atoms with van der Waals surface area (Å²) in [6.07, 6.45) is 0. The van der Waals surface area contributed by atoms with E-state index >= 15 is 0 Å². The van der Waals surface area contributed by atoms with Crippen molar-refractivity contribution in [1.82, 2.24) is 0 Å². The summed E-state index contributed by atoms with van der Waals surface area (Å²) < 4.78 is 5.50. The number of rotatable bonds is 1. The van der Waals surface area contributed by atoms with Crippen molar-refractivity contribution in [2.45, 2.75) is 12.3 Å². The van der Waals surface area contributed by atoms with E-state index in [1.165, 1.54) is 0 Å². The molecule has 0 bridgehead atoms. The van der Waals surface area contributed by atoms with Crippen LogP contribution in [0.25, 0.3) is 11.0 Å². The molecule has 0 amide bonds. The van der Waals surface area contributed by atoms with Crippen molar-refractivity contribution >= 4 is 22.6 Å². The maximum absolute atomic E-state index is 5.88. The van der Waals surface area contributed by atoms with E-state index in [0.717, 1.165) is 16.7 Å². The SMILES string of the molecule is CC(Cl)c1cc2ccccc2o1. The molecule has 0 aliphatic heterocycles. The van der Waals surface area contributed by atoms with Crippen LogP contribution in [0.3, 0.4) is 0 Å². The summed E-state index contributed by atoms with van der Waals surface area (Å²) in [4.78, 5) is 0. The Morgan fingerprint density at radius 1 is 1.33 bits per heavy atom. The second-order valence-corrected chi connectivity index (χ2v) is 3.46. The number of halogens is 1. The Morgan fingerprint density at radius 3 is 2.75 bits per heavy atom. The highest BCUT2D eigenvalue weighted by Crippen LogP contribution is 2.26. The van der Waals surface area contributed by atoms with Gasteiger partial charge in [0.05, 0.1) is 5.38 Å². The van der Waals surface area contributed by atoms with Gasteiger partial charge in [0.25, 0.3) is 0 Å². The van der Waals surface area contributed by atoms with Gasteiger partial charge in [-0.3, -0.25) is 0 Å². The second kappa shape index (κ2) is 2.83. The minimum Gasteiger partial charge on any atom is -0.460 e. The minimum atomic E-state index is -0.0580. The highest BCUT2D eigenvalue weighted by atomic mass is 35.5. The first-order valence-electron chi connectivity index (χ1n) is 3.90. The number of fused-ring (bicyclic) bond motifs is 1. The third kappa shape index (κ3) is 1.21. The van der Waals surface area contributed by atoms with Crippen LogP contribution in [-0.2, 0) is 0 Å². The van der Waals surface area contributed by atoms with Gasteiger partial charge in [0, 0.05) is 5.39 Å². The van der Waals surface area contributed by atoms with Gasteiger partial charge in [-0.1, -0.05) is 18.2 Å². The standard InChI is InChI=1S/C10H9ClO/c1-7(11)10-6-8-4-2-3-5-9(8)12-10/h2-7H,1H3. The average Bonchev–Trinajstić information content (AvgIpc) is 2.46. The molecule has 1 nitrogen and oxygen atoms in total. The zero-order valence-electron chi connectivity index (χ0n) is 6.75. The molecule has 0 saturated carbocycles. The van der Waals surface area contributed by atoms with E-state index in [-0.39, 0.29) is 5.38 Å². The molecule has 1 aromatic heterocycles. The molecule has 1 heterocycles. The van der Waals surface area contributed by atoms with Crippen LogP contribution in [0.2, 0.25) is 0 Å². The van der Waals surface area contributed by atoms with E-state index in [1.54, 1.807) is 0 Å². The van der Waals surface area contributed by atoms with E-state index in [4.69, 9.17) is 16.0 Å². The molecule has 62 valence electrons. The van der Waals surface area contributed by atoms with Crippen molar-refractivity contribution in [2.75, 3.05) is 0 Å². The van der Waals surface area contributed by atoms with Crippen molar-refractivity contribution in [1.29, 1.82) is 0 Å². The fraction of sp³-hybridized carbons (Fsp3) is 0.200. The van der Waals surface area contributed by atoms with Crippen LogP contribution in [0.5, 0.6) is 0 Å². The molecule has 1 unspecified atom stereocenters. The van der Waals surface area contributed by atoms with Gasteiger partial charge in [0.2, 0.25) is 0 Å². The van der Waals surface area contributed by atoms with Crippen LogP contribution in [0.15, 0.2) is 34.7 Å². The van der Waals surface area contributed by atoms with E-state index in [2.05, 4.69) is 0 Å². The van der Waals surface area contributed by atoms with Gasteiger partial charge in [-0.05, 0) is 19.1 Å². The molecular weight excluding hydrogens is 172 g/mol. The molecule has 0 saturated heterocycles. The number of hydrogen-bond acceptors (Lipinski definition) is 1. The molecule has 2 rings (SSSR count). The summed E-state index contributed by atoms with van der Waals surface area (Å²) in [5.74, 6) is 0.831. The van der Waals surface area contributed by atoms with Gasteiger partial charge >= 0.3 is 0 Å². The molecular formula is C10H9ClO. The Morgan fingerprint density at radius 2 is 2.08 bits per heavy atom. The van der Waals surface area contributed by atoms with E-state index in [1.807, 2.05) is 37.3 Å². The quantitative estimate of drug-likeness (QED) is 0.610. The minimum absolute atomic E-state index is 0.0580. The van der Waals surface area contributed by atoms with Gasteiger partial charge in [-0.25, -0.2) is 0 Å². The Balaban J connectivity index is 2.62. The van der Waals surface area contributed by atoms with E-state index in [0.29, 0.717) is 0 Å². The summed E-state index contributed by atoms with van der Waals surface area (Å²) in [5.41, 5.74) is 0.903. The molecule has 1 aromatic carbocycles. The Labute approximate surface area is 75.9 Å². The molecule has 1 atom stereocenters. The van der Waals surface area contributed by atoms with E-state index in [9.17, 15) is 0 Å². The topological polar surface area (TPSA) is 13.1 Å². The molecule has 0 aliphatic carbocycles. The van der Waals surface area contributed by atoms with Gasteiger partial charge < -0.3 is 4.42 Å². The third-order valence-electron chi connectivity index (χ3n) is 1.84. The molecule has 0 aliphatic rings. The first-order valence-corrected chi connectivity index (χ1v) is 4.33. The first kappa shape index (κ1) is 7.69. The first-order chi connectivity index (χ1) is 5.77. The maximum Gasteiger partial charge on any atom is 0.134 e. The second-order valence-electron chi connectivity index (χ2n) is 2.80. The van der Waals surface area contributed by atoms with Crippen LogP contribution in [-0.4, -0.2) is 0 Å². The van der Waals surface area contributed by atoms with Gasteiger partial charge in [0.15, 0.2) is 0 Å². The summed E-state index contributed by atoms with van der Waals surface area (Å²) in [6.45, 7) is 1.90. The molecule has 0 radical (unpaired) electrons. The third-order valence-corrected chi connectivity index (χ3v) is 2.05. The Hall–Kier alpha value is -0.950. The van der Waals surface area contributed by atoms with Crippen LogP contribution in [0.4, 0.5) is 0 Å². The lowest BCUT2D eigenvalue weighted by Gasteiger charge is -1.93. The lowest BCUT2D eigenvalue weighted by Crippen LogP contribution is -1.75. The van der Waals surface area contributed by atoms with Crippen LogP contribution < -0.4 is 0 Å². The fourth-order valence-electron chi connectivity index (χ4n) is 1.20. The number of benzene rings is 1. The number of furan rings is 1. The van der Waals surface area contributed by atoms with Gasteiger partial charge in [-0.2, -0.15) is 0 Å². The predicted octanol–water partition coefficient (Wildman–Crippen LogP) is 3.73. The number of hydrogen-bond donors (Lipinski definition) is 0. The summed E-state index contributed by atoms with van der Waals surface area (Å²) in [7, 11) is 0. The number of alkyl halides is 1. The molecule has 2 heteroatoms. The fourth-order valence-corrected chi connectivity index (χ4v) is 1.31.